The van der Waals surface area contributed by atoms with Crippen LogP contribution in [0.25, 0.3) is 10.9 Å². The second-order valence-electron chi connectivity index (χ2n) is 5.85. The van der Waals surface area contributed by atoms with Crippen molar-refractivity contribution in [3.63, 3.8) is 0 Å². The quantitative estimate of drug-likeness (QED) is 0.819. The number of hydrogen-bond acceptors (Lipinski definition) is 5. The van der Waals surface area contributed by atoms with E-state index in [4.69, 9.17) is 19.2 Å². The van der Waals surface area contributed by atoms with E-state index in [1.807, 2.05) is 25.1 Å². The van der Waals surface area contributed by atoms with Gasteiger partial charge in [0.25, 0.3) is 0 Å². The molecule has 1 saturated heterocycles. The highest BCUT2D eigenvalue weighted by atomic mass is 16.6. The van der Waals surface area contributed by atoms with Crippen LogP contribution in [0.15, 0.2) is 30.3 Å². The van der Waals surface area contributed by atoms with Gasteiger partial charge in [0.05, 0.1) is 43.7 Å². The maximum Gasteiger partial charge on any atom is 0.120 e. The van der Waals surface area contributed by atoms with Crippen LogP contribution in [0, 0.1) is 0 Å². The van der Waals surface area contributed by atoms with Crippen LogP contribution in [-0.4, -0.2) is 56.0 Å². The van der Waals surface area contributed by atoms with Crippen LogP contribution in [0.1, 0.15) is 12.6 Å². The topological polar surface area (TPSA) is 43.8 Å². The Hall–Kier alpha value is -1.69. The molecule has 0 N–H and O–H groups in total. The van der Waals surface area contributed by atoms with Crippen LogP contribution in [0.3, 0.4) is 0 Å². The molecule has 5 heteroatoms. The van der Waals surface area contributed by atoms with E-state index in [0.29, 0.717) is 26.4 Å². The lowest BCUT2D eigenvalue weighted by atomic mass is 10.2. The molecular weight excluding hydrogens is 292 g/mol. The number of rotatable bonds is 6. The SMILES string of the molecule is CCOc1ccc2nc(CN(C)C[C@@H]3COCCO3)ccc2c1. The van der Waals surface area contributed by atoms with Gasteiger partial charge >= 0.3 is 0 Å². The Morgan fingerprint density at radius 1 is 1.26 bits per heavy atom. The summed E-state index contributed by atoms with van der Waals surface area (Å²) in [5.41, 5.74) is 2.05. The van der Waals surface area contributed by atoms with Crippen molar-refractivity contribution in [2.45, 2.75) is 19.6 Å². The standard InChI is InChI=1S/C18H24N2O3/c1-3-22-16-6-7-18-14(10-16)4-5-15(19-18)11-20(2)12-17-13-21-8-9-23-17/h4-7,10,17H,3,8-9,11-13H2,1-2H3/t17-/m1/s1. The summed E-state index contributed by atoms with van der Waals surface area (Å²) in [5, 5.41) is 1.10. The molecule has 23 heavy (non-hydrogen) atoms. The minimum absolute atomic E-state index is 0.156. The largest absolute Gasteiger partial charge is 0.494 e. The van der Waals surface area contributed by atoms with Crippen LogP contribution < -0.4 is 4.74 Å². The predicted molar refractivity (Wildman–Crippen MR) is 89.8 cm³/mol. The molecule has 1 atom stereocenters. The first-order valence-corrected chi connectivity index (χ1v) is 8.15. The van der Waals surface area contributed by atoms with E-state index >= 15 is 0 Å². The van der Waals surface area contributed by atoms with Gasteiger partial charge in [0.1, 0.15) is 5.75 Å². The molecule has 3 rings (SSSR count). The van der Waals surface area contributed by atoms with Gasteiger partial charge in [-0.2, -0.15) is 0 Å². The first-order valence-electron chi connectivity index (χ1n) is 8.15. The van der Waals surface area contributed by atoms with E-state index in [2.05, 4.69) is 24.1 Å². The second-order valence-corrected chi connectivity index (χ2v) is 5.85. The third kappa shape index (κ3) is 4.41. The molecular formula is C18H24N2O3. The summed E-state index contributed by atoms with van der Waals surface area (Å²) in [5.74, 6) is 0.890. The number of fused-ring (bicyclic) bond motifs is 1. The first-order chi connectivity index (χ1) is 11.2. The molecule has 0 bridgehead atoms. The molecule has 1 aromatic carbocycles. The Morgan fingerprint density at radius 3 is 2.96 bits per heavy atom. The third-order valence-corrected chi connectivity index (χ3v) is 3.86. The fourth-order valence-electron chi connectivity index (χ4n) is 2.82. The van der Waals surface area contributed by atoms with Gasteiger partial charge in [-0.25, -0.2) is 0 Å². The molecule has 2 heterocycles. The average Bonchev–Trinajstić information content (AvgIpc) is 2.56. The van der Waals surface area contributed by atoms with E-state index in [-0.39, 0.29) is 6.10 Å². The Balaban J connectivity index is 1.64. The fourth-order valence-corrected chi connectivity index (χ4v) is 2.82. The van der Waals surface area contributed by atoms with Crippen molar-refractivity contribution in [2.24, 2.45) is 0 Å². The minimum Gasteiger partial charge on any atom is -0.494 e. The number of benzene rings is 1. The molecule has 0 amide bonds. The molecule has 1 fully saturated rings. The van der Waals surface area contributed by atoms with Crippen molar-refractivity contribution in [3.05, 3.63) is 36.0 Å². The van der Waals surface area contributed by atoms with Crippen LogP contribution in [0.5, 0.6) is 5.75 Å². The molecule has 1 aliphatic rings. The number of nitrogens with zero attached hydrogens (tertiary/aromatic N) is 2. The molecule has 0 spiro atoms. The van der Waals surface area contributed by atoms with Crippen LogP contribution >= 0.6 is 0 Å². The highest BCUT2D eigenvalue weighted by molar-refractivity contribution is 5.80. The number of hydrogen-bond donors (Lipinski definition) is 0. The van der Waals surface area contributed by atoms with Gasteiger partial charge in [0.2, 0.25) is 0 Å². The lowest BCUT2D eigenvalue weighted by Gasteiger charge is -2.27. The van der Waals surface area contributed by atoms with Crippen molar-refractivity contribution in [2.75, 3.05) is 40.0 Å². The fraction of sp³-hybridized carbons (Fsp3) is 0.500. The number of ether oxygens (including phenoxy) is 3. The Morgan fingerprint density at radius 2 is 2.17 bits per heavy atom. The van der Waals surface area contributed by atoms with Crippen molar-refractivity contribution in [3.8, 4) is 5.75 Å². The Bertz CT molecular complexity index is 641. The molecule has 1 aromatic heterocycles. The van der Waals surface area contributed by atoms with Crippen LogP contribution in [0.2, 0.25) is 0 Å². The summed E-state index contributed by atoms with van der Waals surface area (Å²) in [4.78, 5) is 6.96. The zero-order valence-corrected chi connectivity index (χ0v) is 13.8. The summed E-state index contributed by atoms with van der Waals surface area (Å²) < 4.78 is 16.7. The Kier molecular flexibility index (Phi) is 5.43. The first kappa shape index (κ1) is 16.2. The third-order valence-electron chi connectivity index (χ3n) is 3.86. The van der Waals surface area contributed by atoms with Gasteiger partial charge in [-0.05, 0) is 38.2 Å². The van der Waals surface area contributed by atoms with Gasteiger partial charge in [-0.15, -0.1) is 0 Å². The van der Waals surface area contributed by atoms with E-state index in [9.17, 15) is 0 Å². The predicted octanol–water partition coefficient (Wildman–Crippen LogP) is 2.48. The molecule has 1 aliphatic heterocycles. The molecule has 0 radical (unpaired) electrons. The summed E-state index contributed by atoms with van der Waals surface area (Å²) in [7, 11) is 2.09. The number of likely N-dealkylation sites (N-methyl/N-ethyl adjacent to an activating group) is 1. The molecule has 0 aliphatic carbocycles. The second kappa shape index (κ2) is 7.73. The maximum absolute atomic E-state index is 5.69. The zero-order valence-electron chi connectivity index (χ0n) is 13.8. The van der Waals surface area contributed by atoms with Crippen LogP contribution in [-0.2, 0) is 16.0 Å². The summed E-state index contributed by atoms with van der Waals surface area (Å²) in [6, 6.07) is 10.2. The van der Waals surface area contributed by atoms with E-state index in [0.717, 1.165) is 35.4 Å². The van der Waals surface area contributed by atoms with Crippen molar-refractivity contribution in [1.29, 1.82) is 0 Å². The number of aromatic nitrogens is 1. The van der Waals surface area contributed by atoms with Crippen LogP contribution in [0.4, 0.5) is 0 Å². The molecule has 0 unspecified atom stereocenters. The molecule has 2 aromatic rings. The van der Waals surface area contributed by atoms with Crippen molar-refractivity contribution >= 4 is 10.9 Å². The molecule has 5 nitrogen and oxygen atoms in total. The van der Waals surface area contributed by atoms with Crippen molar-refractivity contribution in [1.82, 2.24) is 9.88 Å². The molecule has 124 valence electrons. The highest BCUT2D eigenvalue weighted by Gasteiger charge is 2.16. The van der Waals surface area contributed by atoms with Gasteiger partial charge in [-0.1, -0.05) is 6.07 Å². The lowest BCUT2D eigenvalue weighted by Crippen LogP contribution is -2.38. The monoisotopic (exact) mass is 316 g/mol. The minimum atomic E-state index is 0.156. The Labute approximate surface area is 137 Å². The maximum atomic E-state index is 5.69. The lowest BCUT2D eigenvalue weighted by molar-refractivity contribution is -0.0963. The smallest absolute Gasteiger partial charge is 0.120 e. The van der Waals surface area contributed by atoms with E-state index < -0.39 is 0 Å². The highest BCUT2D eigenvalue weighted by Crippen LogP contribution is 2.20. The number of pyridine rings is 1. The van der Waals surface area contributed by atoms with Gasteiger partial charge in [0, 0.05) is 18.5 Å². The summed E-state index contributed by atoms with van der Waals surface area (Å²) in [6.07, 6.45) is 0.156. The zero-order chi connectivity index (χ0) is 16.1. The normalized spacial score (nSPS) is 18.5. The van der Waals surface area contributed by atoms with Gasteiger partial charge < -0.3 is 14.2 Å². The van der Waals surface area contributed by atoms with E-state index in [1.165, 1.54) is 0 Å². The van der Waals surface area contributed by atoms with Gasteiger partial charge in [-0.3, -0.25) is 9.88 Å². The van der Waals surface area contributed by atoms with Crippen molar-refractivity contribution < 1.29 is 14.2 Å². The summed E-state index contributed by atoms with van der Waals surface area (Å²) in [6.45, 7) is 6.38. The molecule has 0 saturated carbocycles. The van der Waals surface area contributed by atoms with E-state index in [1.54, 1.807) is 0 Å². The van der Waals surface area contributed by atoms with Gasteiger partial charge in [0.15, 0.2) is 0 Å². The average molecular weight is 316 g/mol. The summed E-state index contributed by atoms with van der Waals surface area (Å²) >= 11 is 0.